The largest absolute Gasteiger partial charge is 0.280 e. The molecule has 28 heavy (non-hydrogen) atoms. The molecule has 6 nitrogen and oxygen atoms in total. The summed E-state index contributed by atoms with van der Waals surface area (Å²) >= 11 is 0. The fraction of sp³-hybridized carbons (Fsp3) is 0.100. The summed E-state index contributed by atoms with van der Waals surface area (Å²) in [5.74, 6) is 0. The molecule has 0 atom stereocenters. The maximum absolute atomic E-state index is 12.9. The maximum atomic E-state index is 12.9. The first-order valence-electron chi connectivity index (χ1n) is 8.44. The minimum Gasteiger partial charge on any atom is -0.280 e. The molecule has 0 bridgehead atoms. The van der Waals surface area contributed by atoms with Gasteiger partial charge in [0, 0.05) is 7.05 Å². The Hall–Kier alpha value is -2.84. The molecule has 0 spiro atoms. The van der Waals surface area contributed by atoms with Gasteiger partial charge in [-0.3, -0.25) is 9.03 Å². The predicted octanol–water partition coefficient (Wildman–Crippen LogP) is 3.62. The van der Waals surface area contributed by atoms with E-state index in [0.29, 0.717) is 5.69 Å². The van der Waals surface area contributed by atoms with Crippen LogP contribution in [0, 0.1) is 6.92 Å². The lowest BCUT2D eigenvalue weighted by Crippen LogP contribution is -2.26. The van der Waals surface area contributed by atoms with E-state index in [1.165, 1.54) is 37.4 Å². The van der Waals surface area contributed by atoms with Crippen molar-refractivity contribution in [2.24, 2.45) is 0 Å². The highest BCUT2D eigenvalue weighted by molar-refractivity contribution is 7.93. The highest BCUT2D eigenvalue weighted by Gasteiger charge is 2.22. The topological polar surface area (TPSA) is 83.5 Å². The van der Waals surface area contributed by atoms with E-state index in [4.69, 9.17) is 0 Å². The second kappa shape index (κ2) is 7.65. The van der Waals surface area contributed by atoms with Crippen molar-refractivity contribution in [1.29, 1.82) is 0 Å². The number of rotatable bonds is 6. The molecule has 3 aromatic carbocycles. The van der Waals surface area contributed by atoms with Gasteiger partial charge < -0.3 is 0 Å². The Morgan fingerprint density at radius 3 is 2.07 bits per heavy atom. The summed E-state index contributed by atoms with van der Waals surface area (Å²) in [6.45, 7) is 1.80. The van der Waals surface area contributed by atoms with Gasteiger partial charge in [-0.25, -0.2) is 16.8 Å². The second-order valence-corrected chi connectivity index (χ2v) is 9.91. The third-order valence-electron chi connectivity index (χ3n) is 4.16. The van der Waals surface area contributed by atoms with Crippen LogP contribution in [0.4, 0.5) is 11.4 Å². The van der Waals surface area contributed by atoms with Gasteiger partial charge in [-0.1, -0.05) is 36.4 Å². The highest BCUT2D eigenvalue weighted by Crippen LogP contribution is 2.25. The SMILES string of the molecule is Cc1cccc(S(=O)(=O)Nc2cccc(S(=O)(=O)N(C)c3ccccc3)c2)c1. The molecule has 146 valence electrons. The van der Waals surface area contributed by atoms with Crippen molar-refractivity contribution in [2.45, 2.75) is 16.7 Å². The molecule has 0 aliphatic rings. The van der Waals surface area contributed by atoms with Crippen LogP contribution in [0.1, 0.15) is 5.56 Å². The van der Waals surface area contributed by atoms with Crippen LogP contribution >= 0.6 is 0 Å². The van der Waals surface area contributed by atoms with E-state index >= 15 is 0 Å². The lowest BCUT2D eigenvalue weighted by atomic mass is 10.2. The van der Waals surface area contributed by atoms with Crippen molar-refractivity contribution in [1.82, 2.24) is 0 Å². The summed E-state index contributed by atoms with van der Waals surface area (Å²) in [6.07, 6.45) is 0. The summed E-state index contributed by atoms with van der Waals surface area (Å²) in [6, 6.07) is 20.9. The Morgan fingerprint density at radius 2 is 1.39 bits per heavy atom. The number of benzene rings is 3. The minimum absolute atomic E-state index is 0.0108. The standard InChI is InChI=1S/C20H20N2O4S2/c1-16-8-6-12-19(14-16)27(23,24)21-17-9-7-13-20(15-17)28(25,26)22(2)18-10-4-3-5-11-18/h3-15,21H,1-2H3. The van der Waals surface area contributed by atoms with Crippen molar-refractivity contribution in [2.75, 3.05) is 16.1 Å². The second-order valence-electron chi connectivity index (χ2n) is 6.26. The molecule has 0 aliphatic heterocycles. The number of sulfonamides is 2. The molecule has 0 heterocycles. The van der Waals surface area contributed by atoms with Gasteiger partial charge in [0.25, 0.3) is 20.0 Å². The van der Waals surface area contributed by atoms with Gasteiger partial charge >= 0.3 is 0 Å². The van der Waals surface area contributed by atoms with Gasteiger partial charge in [-0.2, -0.15) is 0 Å². The monoisotopic (exact) mass is 416 g/mol. The molecular formula is C20H20N2O4S2. The molecule has 0 aliphatic carbocycles. The van der Waals surface area contributed by atoms with Crippen molar-refractivity contribution < 1.29 is 16.8 Å². The van der Waals surface area contributed by atoms with Gasteiger partial charge in [-0.15, -0.1) is 0 Å². The van der Waals surface area contributed by atoms with Crippen molar-refractivity contribution in [3.05, 3.63) is 84.4 Å². The van der Waals surface area contributed by atoms with Crippen LogP contribution in [0.3, 0.4) is 0 Å². The van der Waals surface area contributed by atoms with E-state index in [1.807, 2.05) is 0 Å². The first kappa shape index (κ1) is 19.9. The molecule has 0 radical (unpaired) electrons. The van der Waals surface area contributed by atoms with E-state index in [0.717, 1.165) is 9.87 Å². The third kappa shape index (κ3) is 4.18. The number of nitrogens with zero attached hydrogens (tertiary/aromatic N) is 1. The molecule has 0 saturated carbocycles. The number of aryl methyl sites for hydroxylation is 1. The maximum Gasteiger partial charge on any atom is 0.264 e. The highest BCUT2D eigenvalue weighted by atomic mass is 32.2. The van der Waals surface area contributed by atoms with Gasteiger partial charge in [0.2, 0.25) is 0 Å². The Kier molecular flexibility index (Phi) is 5.44. The molecule has 0 aromatic heterocycles. The first-order valence-corrected chi connectivity index (χ1v) is 11.4. The number of hydrogen-bond acceptors (Lipinski definition) is 4. The van der Waals surface area contributed by atoms with Crippen LogP contribution in [-0.2, 0) is 20.0 Å². The van der Waals surface area contributed by atoms with Gasteiger partial charge in [0.05, 0.1) is 21.2 Å². The molecule has 3 rings (SSSR count). The Balaban J connectivity index is 1.92. The summed E-state index contributed by atoms with van der Waals surface area (Å²) in [7, 11) is -6.22. The Labute approximate surface area is 165 Å². The van der Waals surface area contributed by atoms with E-state index < -0.39 is 20.0 Å². The molecule has 0 saturated heterocycles. The number of para-hydroxylation sites is 1. The fourth-order valence-electron chi connectivity index (χ4n) is 2.65. The number of hydrogen-bond donors (Lipinski definition) is 1. The minimum atomic E-state index is -3.84. The summed E-state index contributed by atoms with van der Waals surface area (Å²) in [5, 5.41) is 0. The number of anilines is 2. The average molecular weight is 417 g/mol. The zero-order chi connectivity index (χ0) is 20.4. The molecule has 8 heteroatoms. The van der Waals surface area contributed by atoms with Gasteiger partial charge in [0.1, 0.15) is 0 Å². The molecule has 3 aromatic rings. The van der Waals surface area contributed by atoms with Gasteiger partial charge in [-0.05, 0) is 55.0 Å². The van der Waals surface area contributed by atoms with E-state index in [9.17, 15) is 16.8 Å². The summed E-state index contributed by atoms with van der Waals surface area (Å²) in [4.78, 5) is 0.102. The van der Waals surface area contributed by atoms with Crippen LogP contribution in [0.2, 0.25) is 0 Å². The van der Waals surface area contributed by atoms with Crippen LogP contribution in [0.15, 0.2) is 88.7 Å². The molecule has 0 amide bonds. The van der Waals surface area contributed by atoms with Crippen molar-refractivity contribution in [3.63, 3.8) is 0 Å². The van der Waals surface area contributed by atoms with Crippen LogP contribution < -0.4 is 9.03 Å². The first-order chi connectivity index (χ1) is 13.2. The van der Waals surface area contributed by atoms with E-state index in [-0.39, 0.29) is 15.5 Å². The van der Waals surface area contributed by atoms with Crippen LogP contribution in [-0.4, -0.2) is 23.9 Å². The smallest absolute Gasteiger partial charge is 0.264 e. The fourth-order valence-corrected chi connectivity index (χ4v) is 5.05. The predicted molar refractivity (Wildman–Crippen MR) is 110 cm³/mol. The Bertz CT molecular complexity index is 1190. The van der Waals surface area contributed by atoms with Gasteiger partial charge in [0.15, 0.2) is 0 Å². The molecule has 0 unspecified atom stereocenters. The zero-order valence-electron chi connectivity index (χ0n) is 15.4. The molecular weight excluding hydrogens is 396 g/mol. The van der Waals surface area contributed by atoms with Crippen molar-refractivity contribution >= 4 is 31.4 Å². The lowest BCUT2D eigenvalue weighted by Gasteiger charge is -2.20. The lowest BCUT2D eigenvalue weighted by molar-refractivity contribution is 0.593. The average Bonchev–Trinajstić information content (AvgIpc) is 2.68. The van der Waals surface area contributed by atoms with Crippen LogP contribution in [0.25, 0.3) is 0 Å². The summed E-state index contributed by atoms with van der Waals surface area (Å²) in [5.41, 5.74) is 1.49. The summed E-state index contributed by atoms with van der Waals surface area (Å²) < 4.78 is 54.6. The Morgan fingerprint density at radius 1 is 0.750 bits per heavy atom. The molecule has 1 N–H and O–H groups in total. The zero-order valence-corrected chi connectivity index (χ0v) is 17.0. The third-order valence-corrected chi connectivity index (χ3v) is 7.32. The normalized spacial score (nSPS) is 11.8. The van der Waals surface area contributed by atoms with E-state index in [2.05, 4.69) is 4.72 Å². The quantitative estimate of drug-likeness (QED) is 0.665. The van der Waals surface area contributed by atoms with Crippen molar-refractivity contribution in [3.8, 4) is 0 Å². The molecule has 0 fully saturated rings. The number of nitrogens with one attached hydrogen (secondary N) is 1. The van der Waals surface area contributed by atoms with E-state index in [1.54, 1.807) is 55.5 Å². The van der Waals surface area contributed by atoms with Crippen LogP contribution in [0.5, 0.6) is 0 Å².